The van der Waals surface area contributed by atoms with Crippen molar-refractivity contribution in [3.63, 3.8) is 0 Å². The quantitative estimate of drug-likeness (QED) is 0.807. The highest BCUT2D eigenvalue weighted by Gasteiger charge is 2.14. The van der Waals surface area contributed by atoms with Crippen molar-refractivity contribution >= 4 is 16.7 Å². The van der Waals surface area contributed by atoms with Gasteiger partial charge in [0.25, 0.3) is 0 Å². The van der Waals surface area contributed by atoms with Crippen LogP contribution < -0.4 is 4.74 Å². The van der Waals surface area contributed by atoms with E-state index in [1.54, 1.807) is 25.3 Å². The number of fused-ring (bicyclic) bond motifs is 1. The molecule has 0 aromatic heterocycles. The molecule has 0 aliphatic heterocycles. The summed E-state index contributed by atoms with van der Waals surface area (Å²) in [5, 5.41) is 11.4. The van der Waals surface area contributed by atoms with Crippen molar-refractivity contribution in [3.8, 4) is 11.5 Å². The normalized spacial score (nSPS) is 10.2. The van der Waals surface area contributed by atoms with Crippen LogP contribution in [0.2, 0.25) is 0 Å². The maximum absolute atomic E-state index is 11.4. The predicted molar refractivity (Wildman–Crippen MR) is 63.5 cm³/mol. The summed E-state index contributed by atoms with van der Waals surface area (Å²) in [6.45, 7) is 0. The summed E-state index contributed by atoms with van der Waals surface area (Å²) in [6.07, 6.45) is 0. The summed E-state index contributed by atoms with van der Waals surface area (Å²) in [5.41, 5.74) is 0.147. The Labute approximate surface area is 98.4 Å². The fraction of sp³-hybridized carbons (Fsp3) is 0.154. The monoisotopic (exact) mass is 232 g/mol. The van der Waals surface area contributed by atoms with Crippen LogP contribution in [0.4, 0.5) is 0 Å². The number of ether oxygens (including phenoxy) is 2. The second-order valence-electron chi connectivity index (χ2n) is 3.54. The van der Waals surface area contributed by atoms with Crippen molar-refractivity contribution in [2.45, 2.75) is 0 Å². The number of hydrogen-bond donors (Lipinski definition) is 1. The molecule has 0 spiro atoms. The number of methoxy groups -OCH3 is 2. The molecule has 2 aromatic carbocycles. The average molecular weight is 232 g/mol. The maximum atomic E-state index is 11.4. The van der Waals surface area contributed by atoms with Gasteiger partial charge in [-0.2, -0.15) is 0 Å². The van der Waals surface area contributed by atoms with Gasteiger partial charge in [0.15, 0.2) is 0 Å². The summed E-state index contributed by atoms with van der Waals surface area (Å²) in [6, 6.07) is 8.57. The first kappa shape index (κ1) is 11.3. The number of carbonyl (C=O) groups is 1. The second-order valence-corrected chi connectivity index (χ2v) is 3.54. The number of hydrogen-bond acceptors (Lipinski definition) is 4. The number of esters is 1. The van der Waals surface area contributed by atoms with E-state index in [1.807, 2.05) is 6.07 Å². The summed E-state index contributed by atoms with van der Waals surface area (Å²) in [5.74, 6) is -0.0321. The molecule has 0 unspecified atom stereocenters. The third-order valence-electron chi connectivity index (χ3n) is 2.61. The number of benzene rings is 2. The topological polar surface area (TPSA) is 55.8 Å². The van der Waals surface area contributed by atoms with Crippen molar-refractivity contribution < 1.29 is 19.4 Å². The lowest BCUT2D eigenvalue weighted by atomic mass is 10.0. The number of rotatable bonds is 2. The van der Waals surface area contributed by atoms with E-state index in [0.717, 1.165) is 5.39 Å². The Hall–Kier alpha value is -2.23. The first-order valence-electron chi connectivity index (χ1n) is 5.05. The van der Waals surface area contributed by atoms with Crippen LogP contribution >= 0.6 is 0 Å². The van der Waals surface area contributed by atoms with E-state index in [9.17, 15) is 9.90 Å². The number of phenols is 1. The molecule has 0 saturated heterocycles. The number of phenolic OH excluding ortho intramolecular Hbond substituents is 1. The van der Waals surface area contributed by atoms with Crippen LogP contribution in [0.25, 0.3) is 10.8 Å². The van der Waals surface area contributed by atoms with Crippen LogP contribution in [0, 0.1) is 0 Å². The minimum Gasteiger partial charge on any atom is -0.506 e. The standard InChI is InChI=1S/C13H12O4/c1-16-9-5-3-8-4-6-10(13(15)17-2)12(14)11(8)7-9/h3-7,14H,1-2H3. The van der Waals surface area contributed by atoms with E-state index in [-0.39, 0.29) is 11.3 Å². The first-order chi connectivity index (χ1) is 8.17. The highest BCUT2D eigenvalue weighted by molar-refractivity contribution is 6.01. The molecular weight excluding hydrogens is 220 g/mol. The molecule has 0 saturated carbocycles. The Bertz CT molecular complexity index is 575. The van der Waals surface area contributed by atoms with Crippen molar-refractivity contribution in [2.75, 3.05) is 14.2 Å². The zero-order chi connectivity index (χ0) is 12.4. The third-order valence-corrected chi connectivity index (χ3v) is 2.61. The molecule has 0 heterocycles. The highest BCUT2D eigenvalue weighted by atomic mass is 16.5. The first-order valence-corrected chi connectivity index (χ1v) is 5.05. The van der Waals surface area contributed by atoms with Crippen LogP contribution in [0.1, 0.15) is 10.4 Å². The van der Waals surface area contributed by atoms with E-state index in [1.165, 1.54) is 13.2 Å². The number of carbonyl (C=O) groups excluding carboxylic acids is 1. The van der Waals surface area contributed by atoms with Crippen molar-refractivity contribution in [1.82, 2.24) is 0 Å². The summed E-state index contributed by atoms with van der Waals surface area (Å²) >= 11 is 0. The molecule has 88 valence electrons. The van der Waals surface area contributed by atoms with Crippen LogP contribution in [0.15, 0.2) is 30.3 Å². The fourth-order valence-corrected chi connectivity index (χ4v) is 1.68. The van der Waals surface area contributed by atoms with Gasteiger partial charge in [-0.3, -0.25) is 0 Å². The molecule has 1 N–H and O–H groups in total. The summed E-state index contributed by atoms with van der Waals surface area (Å²) < 4.78 is 9.67. The van der Waals surface area contributed by atoms with Crippen LogP contribution in [0.5, 0.6) is 11.5 Å². The molecule has 2 rings (SSSR count). The molecule has 4 heteroatoms. The van der Waals surface area contributed by atoms with Crippen molar-refractivity contribution in [2.24, 2.45) is 0 Å². The predicted octanol–water partition coefficient (Wildman–Crippen LogP) is 2.34. The minimum atomic E-state index is -0.563. The third kappa shape index (κ3) is 1.89. The summed E-state index contributed by atoms with van der Waals surface area (Å²) in [7, 11) is 2.82. The van der Waals surface area contributed by atoms with Crippen LogP contribution in [-0.4, -0.2) is 25.3 Å². The highest BCUT2D eigenvalue weighted by Crippen LogP contribution is 2.31. The molecule has 0 radical (unpaired) electrons. The van der Waals surface area contributed by atoms with E-state index in [4.69, 9.17) is 4.74 Å². The maximum Gasteiger partial charge on any atom is 0.341 e. The average Bonchev–Trinajstić information content (AvgIpc) is 2.38. The molecule has 4 nitrogen and oxygen atoms in total. The van der Waals surface area contributed by atoms with Gasteiger partial charge in [0, 0.05) is 5.39 Å². The van der Waals surface area contributed by atoms with Gasteiger partial charge in [0.2, 0.25) is 0 Å². The molecule has 0 fully saturated rings. The van der Waals surface area contributed by atoms with Gasteiger partial charge in [0.1, 0.15) is 17.1 Å². The lowest BCUT2D eigenvalue weighted by Crippen LogP contribution is -2.01. The molecule has 0 aliphatic rings. The minimum absolute atomic E-state index is 0.0896. The molecule has 2 aromatic rings. The summed E-state index contributed by atoms with van der Waals surface area (Å²) in [4.78, 5) is 11.4. The SMILES string of the molecule is COC(=O)c1ccc2ccc(OC)cc2c1O. The van der Waals surface area contributed by atoms with Crippen molar-refractivity contribution in [1.29, 1.82) is 0 Å². The Morgan fingerprint density at radius 3 is 2.53 bits per heavy atom. The van der Waals surface area contributed by atoms with Gasteiger partial charge in [-0.25, -0.2) is 4.79 Å². The molecule has 0 aliphatic carbocycles. The Morgan fingerprint density at radius 1 is 1.18 bits per heavy atom. The molecular formula is C13H12O4. The fourth-order valence-electron chi connectivity index (χ4n) is 1.68. The lowest BCUT2D eigenvalue weighted by Gasteiger charge is -2.07. The zero-order valence-corrected chi connectivity index (χ0v) is 9.56. The van der Waals surface area contributed by atoms with Crippen molar-refractivity contribution in [3.05, 3.63) is 35.9 Å². The van der Waals surface area contributed by atoms with Gasteiger partial charge in [-0.1, -0.05) is 12.1 Å². The largest absolute Gasteiger partial charge is 0.506 e. The van der Waals surface area contributed by atoms with Gasteiger partial charge >= 0.3 is 5.97 Å². The van der Waals surface area contributed by atoms with Gasteiger partial charge in [-0.05, 0) is 23.6 Å². The Morgan fingerprint density at radius 2 is 1.88 bits per heavy atom. The molecule has 0 amide bonds. The van der Waals surface area contributed by atoms with E-state index >= 15 is 0 Å². The Kier molecular flexibility index (Phi) is 2.87. The second kappa shape index (κ2) is 4.33. The molecule has 0 atom stereocenters. The van der Waals surface area contributed by atoms with E-state index in [0.29, 0.717) is 11.1 Å². The Balaban J connectivity index is 2.68. The number of aromatic hydroxyl groups is 1. The van der Waals surface area contributed by atoms with Crippen LogP contribution in [-0.2, 0) is 4.74 Å². The smallest absolute Gasteiger partial charge is 0.341 e. The van der Waals surface area contributed by atoms with Crippen LogP contribution in [0.3, 0.4) is 0 Å². The molecule has 17 heavy (non-hydrogen) atoms. The molecule has 0 bridgehead atoms. The van der Waals surface area contributed by atoms with E-state index < -0.39 is 5.97 Å². The van der Waals surface area contributed by atoms with E-state index in [2.05, 4.69) is 4.74 Å². The lowest BCUT2D eigenvalue weighted by molar-refractivity contribution is 0.0598. The zero-order valence-electron chi connectivity index (χ0n) is 9.56. The van der Waals surface area contributed by atoms with Gasteiger partial charge in [-0.15, -0.1) is 0 Å². The van der Waals surface area contributed by atoms with Gasteiger partial charge < -0.3 is 14.6 Å². The van der Waals surface area contributed by atoms with Gasteiger partial charge in [0.05, 0.1) is 14.2 Å².